The molecule has 0 radical (unpaired) electrons. The van der Waals surface area contributed by atoms with Crippen molar-refractivity contribution in [3.8, 4) is 0 Å². The summed E-state index contributed by atoms with van der Waals surface area (Å²) in [6.07, 6.45) is 0.707. The molecule has 108 valence electrons. The molecule has 2 atom stereocenters. The van der Waals surface area contributed by atoms with Gasteiger partial charge in [0.25, 0.3) is 0 Å². The molecule has 1 nitrogen and oxygen atoms in total. The van der Waals surface area contributed by atoms with E-state index in [-0.39, 0.29) is 10.6 Å². The zero-order valence-corrected chi connectivity index (χ0v) is 13.8. The van der Waals surface area contributed by atoms with Crippen LogP contribution in [0.3, 0.4) is 0 Å². The molecule has 0 saturated carbocycles. The smallest absolute Gasteiger partial charge is 0.126 e. The number of thiol groups is 1. The van der Waals surface area contributed by atoms with Crippen molar-refractivity contribution in [3.05, 3.63) is 35.6 Å². The largest absolute Gasteiger partial charge is 0.259 e. The summed E-state index contributed by atoms with van der Waals surface area (Å²) in [4.78, 5) is 0. The van der Waals surface area contributed by atoms with Crippen LogP contribution in [0.1, 0.15) is 39.7 Å². The van der Waals surface area contributed by atoms with Crippen molar-refractivity contribution < 1.29 is 8.60 Å². The van der Waals surface area contributed by atoms with Gasteiger partial charge in [0.15, 0.2) is 0 Å². The van der Waals surface area contributed by atoms with Crippen LogP contribution in [0.25, 0.3) is 0 Å². The summed E-state index contributed by atoms with van der Waals surface area (Å²) in [5, 5.41) is 0. The van der Waals surface area contributed by atoms with Crippen LogP contribution >= 0.6 is 12.6 Å². The third-order valence-electron chi connectivity index (χ3n) is 3.32. The summed E-state index contributed by atoms with van der Waals surface area (Å²) in [7, 11) is -1.02. The fraction of sp³-hybridized carbons (Fsp3) is 0.600. The molecule has 19 heavy (non-hydrogen) atoms. The van der Waals surface area contributed by atoms with Crippen LogP contribution < -0.4 is 0 Å². The second-order valence-electron chi connectivity index (χ2n) is 6.12. The SMILES string of the molecule is CC(C)(C)[S@](=O)C[C@@](C)(CCS)c1ccccc1F. The molecule has 0 aliphatic heterocycles. The van der Waals surface area contributed by atoms with Crippen LogP contribution in [0.4, 0.5) is 4.39 Å². The van der Waals surface area contributed by atoms with E-state index in [0.717, 1.165) is 0 Å². The summed E-state index contributed by atoms with van der Waals surface area (Å²) in [5.41, 5.74) is 0.201. The zero-order valence-electron chi connectivity index (χ0n) is 12.1. The first-order valence-corrected chi connectivity index (χ1v) is 8.40. The molecule has 0 amide bonds. The van der Waals surface area contributed by atoms with Gasteiger partial charge in [0, 0.05) is 26.7 Å². The molecule has 0 N–H and O–H groups in total. The first kappa shape index (κ1) is 16.7. The number of hydrogen-bond donors (Lipinski definition) is 1. The normalized spacial score (nSPS) is 16.9. The number of rotatable bonds is 5. The minimum absolute atomic E-state index is 0.224. The Balaban J connectivity index is 3.11. The average molecular weight is 302 g/mol. The van der Waals surface area contributed by atoms with Gasteiger partial charge < -0.3 is 0 Å². The van der Waals surface area contributed by atoms with Gasteiger partial charge in [-0.2, -0.15) is 12.6 Å². The van der Waals surface area contributed by atoms with Crippen molar-refractivity contribution in [1.29, 1.82) is 0 Å². The van der Waals surface area contributed by atoms with Gasteiger partial charge in [0.2, 0.25) is 0 Å². The standard InChI is InChI=1S/C15H23FOS2/c1-14(2,3)19(17)11-15(4,9-10-18)12-7-5-6-8-13(12)16/h5-8,18H,9-11H2,1-4H3/t15-,19-/m1/s1. The molecule has 0 aromatic heterocycles. The van der Waals surface area contributed by atoms with Crippen molar-refractivity contribution in [2.45, 2.75) is 44.3 Å². The molecule has 1 aromatic carbocycles. The monoisotopic (exact) mass is 302 g/mol. The van der Waals surface area contributed by atoms with Crippen molar-refractivity contribution in [3.63, 3.8) is 0 Å². The number of benzene rings is 1. The fourth-order valence-electron chi connectivity index (χ4n) is 1.99. The summed E-state index contributed by atoms with van der Waals surface area (Å²) in [5.74, 6) is 0.877. The Bertz CT molecular complexity index is 454. The molecule has 0 heterocycles. The molecule has 0 unspecified atom stereocenters. The van der Waals surface area contributed by atoms with Crippen LogP contribution in [0, 0.1) is 5.82 Å². The van der Waals surface area contributed by atoms with Crippen molar-refractivity contribution >= 4 is 23.4 Å². The van der Waals surface area contributed by atoms with Crippen molar-refractivity contribution in [1.82, 2.24) is 0 Å². The minimum atomic E-state index is -1.02. The Morgan fingerprint density at radius 3 is 2.26 bits per heavy atom. The van der Waals surface area contributed by atoms with E-state index < -0.39 is 16.2 Å². The molecule has 1 aromatic rings. The Kier molecular flexibility index (Phi) is 5.63. The third-order valence-corrected chi connectivity index (χ3v) is 5.81. The van der Waals surface area contributed by atoms with Gasteiger partial charge in [-0.25, -0.2) is 4.39 Å². The Morgan fingerprint density at radius 1 is 1.21 bits per heavy atom. The molecule has 0 fully saturated rings. The predicted molar refractivity (Wildman–Crippen MR) is 85.0 cm³/mol. The van der Waals surface area contributed by atoms with Gasteiger partial charge in [0.1, 0.15) is 5.82 Å². The molecule has 0 bridgehead atoms. The van der Waals surface area contributed by atoms with Crippen LogP contribution in [-0.4, -0.2) is 20.5 Å². The quantitative estimate of drug-likeness (QED) is 0.815. The molecule has 0 saturated heterocycles. The summed E-state index contributed by atoms with van der Waals surface area (Å²) >= 11 is 4.27. The second kappa shape index (κ2) is 6.40. The van der Waals surface area contributed by atoms with E-state index in [1.165, 1.54) is 6.07 Å². The molecule has 0 aliphatic carbocycles. The molecular formula is C15H23FOS2. The van der Waals surface area contributed by atoms with Gasteiger partial charge in [-0.05, 0) is 44.6 Å². The maximum absolute atomic E-state index is 14.0. The van der Waals surface area contributed by atoms with Crippen molar-refractivity contribution in [2.75, 3.05) is 11.5 Å². The molecule has 1 rings (SSSR count). The van der Waals surface area contributed by atoms with Crippen LogP contribution in [0.15, 0.2) is 24.3 Å². The maximum atomic E-state index is 14.0. The lowest BCUT2D eigenvalue weighted by Gasteiger charge is -2.32. The van der Waals surface area contributed by atoms with Crippen LogP contribution in [0.5, 0.6) is 0 Å². The Morgan fingerprint density at radius 2 is 1.79 bits per heavy atom. The molecule has 4 heteroatoms. The topological polar surface area (TPSA) is 17.1 Å². The molecular weight excluding hydrogens is 279 g/mol. The molecule has 0 aliphatic rings. The number of hydrogen-bond acceptors (Lipinski definition) is 2. The lowest BCUT2D eigenvalue weighted by molar-refractivity contribution is 0.473. The third kappa shape index (κ3) is 4.32. The second-order valence-corrected chi connectivity index (χ2v) is 8.77. The van der Waals surface area contributed by atoms with E-state index in [0.29, 0.717) is 23.5 Å². The van der Waals surface area contributed by atoms with E-state index >= 15 is 0 Å². The highest BCUT2D eigenvalue weighted by Crippen LogP contribution is 2.33. The fourth-order valence-corrected chi connectivity index (χ4v) is 3.79. The Hall–Kier alpha value is -0.350. The van der Waals surface area contributed by atoms with Gasteiger partial charge in [0.05, 0.1) is 0 Å². The van der Waals surface area contributed by atoms with E-state index in [4.69, 9.17) is 0 Å². The van der Waals surface area contributed by atoms with Gasteiger partial charge in [-0.3, -0.25) is 4.21 Å². The highest BCUT2D eigenvalue weighted by Gasteiger charge is 2.34. The Labute approximate surface area is 123 Å². The average Bonchev–Trinajstić information content (AvgIpc) is 2.28. The summed E-state index contributed by atoms with van der Waals surface area (Å²) in [6.45, 7) is 7.83. The number of halogens is 1. The zero-order chi connectivity index (χ0) is 14.7. The van der Waals surface area contributed by atoms with Crippen LogP contribution in [0.2, 0.25) is 0 Å². The van der Waals surface area contributed by atoms with Gasteiger partial charge >= 0.3 is 0 Å². The molecule has 0 spiro atoms. The first-order valence-electron chi connectivity index (χ1n) is 6.45. The van der Waals surface area contributed by atoms with Gasteiger partial charge in [-0.15, -0.1) is 0 Å². The van der Waals surface area contributed by atoms with Crippen molar-refractivity contribution in [2.24, 2.45) is 0 Å². The van der Waals surface area contributed by atoms with E-state index in [1.54, 1.807) is 12.1 Å². The predicted octanol–water partition coefficient (Wildman–Crippen LogP) is 3.95. The summed E-state index contributed by atoms with van der Waals surface area (Å²) in [6, 6.07) is 6.76. The highest BCUT2D eigenvalue weighted by molar-refractivity contribution is 7.86. The maximum Gasteiger partial charge on any atom is 0.126 e. The first-order chi connectivity index (χ1) is 8.70. The highest BCUT2D eigenvalue weighted by atomic mass is 32.2. The van der Waals surface area contributed by atoms with Crippen LogP contribution in [-0.2, 0) is 16.2 Å². The lowest BCUT2D eigenvalue weighted by Crippen LogP contribution is -2.36. The van der Waals surface area contributed by atoms with E-state index in [1.807, 2.05) is 33.8 Å². The van der Waals surface area contributed by atoms with Gasteiger partial charge in [-0.1, -0.05) is 25.1 Å². The summed E-state index contributed by atoms with van der Waals surface area (Å²) < 4.78 is 26.1. The lowest BCUT2D eigenvalue weighted by atomic mass is 9.81. The minimum Gasteiger partial charge on any atom is -0.259 e. The van der Waals surface area contributed by atoms with E-state index in [2.05, 4.69) is 12.6 Å². The van der Waals surface area contributed by atoms with E-state index in [9.17, 15) is 8.60 Å².